The van der Waals surface area contributed by atoms with Crippen LogP contribution in [0.3, 0.4) is 0 Å². The third kappa shape index (κ3) is 2.72. The first-order chi connectivity index (χ1) is 9.57. The number of aryl methyl sites for hydroxylation is 1. The Morgan fingerprint density at radius 3 is 2.10 bits per heavy atom. The maximum atomic E-state index is 12.4. The van der Waals surface area contributed by atoms with Gasteiger partial charge in [0.1, 0.15) is 0 Å². The lowest BCUT2D eigenvalue weighted by molar-refractivity contribution is 0.00578. The molecular weight excluding hydrogens is 265 g/mol. The van der Waals surface area contributed by atoms with Gasteiger partial charge in [0, 0.05) is 19.7 Å². The summed E-state index contributed by atoms with van der Waals surface area (Å²) >= 11 is 0. The molecule has 0 unspecified atom stereocenters. The fourth-order valence-corrected chi connectivity index (χ4v) is 2.38. The lowest BCUT2D eigenvalue weighted by atomic mass is 9.73. The molecule has 0 aliphatic carbocycles. The van der Waals surface area contributed by atoms with Gasteiger partial charge < -0.3 is 14.2 Å². The Bertz CT molecular complexity index is 551. The summed E-state index contributed by atoms with van der Waals surface area (Å²) in [5.74, 6) is -0.0385. The predicted octanol–water partition coefficient (Wildman–Crippen LogP) is 2.00. The largest absolute Gasteiger partial charge is 0.495 e. The molecule has 0 N–H and O–H groups in total. The van der Waals surface area contributed by atoms with E-state index >= 15 is 0 Å². The molecule has 0 saturated carbocycles. The fourth-order valence-electron chi connectivity index (χ4n) is 2.38. The molecule has 1 fully saturated rings. The van der Waals surface area contributed by atoms with Crippen LogP contribution >= 0.6 is 0 Å². The van der Waals surface area contributed by atoms with E-state index in [2.05, 4.69) is 0 Å². The molecule has 1 aromatic carbocycles. The summed E-state index contributed by atoms with van der Waals surface area (Å²) in [6, 6.07) is 5.70. The topological polar surface area (TPSA) is 38.8 Å². The normalized spacial score (nSPS) is 19.7. The molecule has 2 rings (SSSR count). The van der Waals surface area contributed by atoms with Crippen molar-refractivity contribution in [1.82, 2.24) is 4.90 Å². The lowest BCUT2D eigenvalue weighted by Crippen LogP contribution is -2.41. The first-order valence-corrected chi connectivity index (χ1v) is 7.23. The summed E-state index contributed by atoms with van der Waals surface area (Å²) in [4.78, 5) is 14.0. The molecule has 1 aliphatic heterocycles. The molecule has 21 heavy (non-hydrogen) atoms. The zero-order chi connectivity index (χ0) is 16.0. The average molecular weight is 289 g/mol. The highest BCUT2D eigenvalue weighted by molar-refractivity contribution is 6.64. The number of carbonyl (C=O) groups is 1. The van der Waals surface area contributed by atoms with Gasteiger partial charge in [-0.25, -0.2) is 0 Å². The molecule has 5 heteroatoms. The van der Waals surface area contributed by atoms with Crippen LogP contribution in [-0.2, 0) is 9.31 Å². The van der Waals surface area contributed by atoms with E-state index in [1.807, 2.05) is 52.8 Å². The minimum absolute atomic E-state index is 0.0385. The van der Waals surface area contributed by atoms with Crippen LogP contribution in [0.15, 0.2) is 18.2 Å². The van der Waals surface area contributed by atoms with Gasteiger partial charge in [-0.1, -0.05) is 17.7 Å². The SMILES string of the molecule is Cc1cccc(C(=O)N(C)C)c1B1OC(C)(C)C(C)(C)O1. The highest BCUT2D eigenvalue weighted by atomic mass is 16.7. The molecular formula is C16H24BNO3. The Morgan fingerprint density at radius 2 is 1.62 bits per heavy atom. The maximum Gasteiger partial charge on any atom is 0.495 e. The van der Waals surface area contributed by atoms with Crippen molar-refractivity contribution in [3.05, 3.63) is 29.3 Å². The molecule has 0 aromatic heterocycles. The van der Waals surface area contributed by atoms with Crippen molar-refractivity contribution in [2.45, 2.75) is 45.8 Å². The Labute approximate surface area is 127 Å². The minimum Gasteiger partial charge on any atom is -0.399 e. The van der Waals surface area contributed by atoms with E-state index in [4.69, 9.17) is 9.31 Å². The molecule has 0 radical (unpaired) electrons. The van der Waals surface area contributed by atoms with Gasteiger partial charge in [0.15, 0.2) is 0 Å². The van der Waals surface area contributed by atoms with Crippen molar-refractivity contribution >= 4 is 18.5 Å². The van der Waals surface area contributed by atoms with E-state index in [0.29, 0.717) is 5.56 Å². The quantitative estimate of drug-likeness (QED) is 0.782. The summed E-state index contributed by atoms with van der Waals surface area (Å²) < 4.78 is 12.2. The van der Waals surface area contributed by atoms with Crippen LogP contribution in [0.2, 0.25) is 0 Å². The van der Waals surface area contributed by atoms with Crippen molar-refractivity contribution in [3.63, 3.8) is 0 Å². The van der Waals surface area contributed by atoms with E-state index in [-0.39, 0.29) is 5.91 Å². The van der Waals surface area contributed by atoms with Gasteiger partial charge >= 0.3 is 7.12 Å². The second kappa shape index (κ2) is 5.14. The van der Waals surface area contributed by atoms with Crippen LogP contribution in [0.5, 0.6) is 0 Å². The molecule has 1 amide bonds. The smallest absolute Gasteiger partial charge is 0.399 e. The van der Waals surface area contributed by atoms with E-state index in [1.165, 1.54) is 0 Å². The summed E-state index contributed by atoms with van der Waals surface area (Å²) in [5.41, 5.74) is 1.63. The lowest BCUT2D eigenvalue weighted by Gasteiger charge is -2.32. The molecule has 1 aromatic rings. The second-order valence-electron chi connectivity index (χ2n) is 6.82. The van der Waals surface area contributed by atoms with Gasteiger partial charge in [-0.15, -0.1) is 0 Å². The van der Waals surface area contributed by atoms with Crippen LogP contribution in [-0.4, -0.2) is 43.2 Å². The number of carbonyl (C=O) groups excluding carboxylic acids is 1. The minimum atomic E-state index is -0.518. The zero-order valence-electron chi connectivity index (χ0n) is 14.0. The van der Waals surface area contributed by atoms with Crippen LogP contribution in [0.1, 0.15) is 43.6 Å². The van der Waals surface area contributed by atoms with Crippen molar-refractivity contribution in [3.8, 4) is 0 Å². The molecule has 1 heterocycles. The van der Waals surface area contributed by atoms with Crippen molar-refractivity contribution in [2.24, 2.45) is 0 Å². The van der Waals surface area contributed by atoms with E-state index < -0.39 is 18.3 Å². The molecule has 0 spiro atoms. The summed E-state index contributed by atoms with van der Waals surface area (Å²) in [7, 11) is 2.98. The molecule has 0 atom stereocenters. The van der Waals surface area contributed by atoms with E-state index in [1.54, 1.807) is 19.0 Å². The molecule has 114 valence electrons. The van der Waals surface area contributed by atoms with Gasteiger partial charge in [0.25, 0.3) is 5.91 Å². The Kier molecular flexibility index (Phi) is 3.93. The van der Waals surface area contributed by atoms with Gasteiger partial charge in [0.2, 0.25) is 0 Å². The summed E-state index contributed by atoms with van der Waals surface area (Å²) in [5, 5.41) is 0. The van der Waals surface area contributed by atoms with Crippen LogP contribution in [0, 0.1) is 6.92 Å². The van der Waals surface area contributed by atoms with E-state index in [9.17, 15) is 4.79 Å². The average Bonchev–Trinajstić information content (AvgIpc) is 2.56. The second-order valence-corrected chi connectivity index (χ2v) is 6.82. The number of rotatable bonds is 2. The highest BCUT2D eigenvalue weighted by Gasteiger charge is 2.52. The first-order valence-electron chi connectivity index (χ1n) is 7.23. The standard InChI is InChI=1S/C16H24BNO3/c1-11-9-8-10-12(14(19)18(6)7)13(11)17-20-15(2,3)16(4,5)21-17/h8-10H,1-7H3. The third-order valence-corrected chi connectivity index (χ3v) is 4.45. The molecule has 1 saturated heterocycles. The molecule has 0 bridgehead atoms. The number of amides is 1. The van der Waals surface area contributed by atoms with Gasteiger partial charge in [0.05, 0.1) is 11.2 Å². The Morgan fingerprint density at radius 1 is 1.10 bits per heavy atom. The molecule has 4 nitrogen and oxygen atoms in total. The van der Waals surface area contributed by atoms with Crippen LogP contribution < -0.4 is 5.46 Å². The number of hydrogen-bond acceptors (Lipinski definition) is 3. The van der Waals surface area contributed by atoms with Crippen molar-refractivity contribution in [1.29, 1.82) is 0 Å². The third-order valence-electron chi connectivity index (χ3n) is 4.45. The number of benzene rings is 1. The van der Waals surface area contributed by atoms with Crippen LogP contribution in [0.25, 0.3) is 0 Å². The van der Waals surface area contributed by atoms with Crippen molar-refractivity contribution < 1.29 is 14.1 Å². The van der Waals surface area contributed by atoms with E-state index in [0.717, 1.165) is 11.0 Å². The predicted molar refractivity (Wildman–Crippen MR) is 84.9 cm³/mol. The Balaban J connectivity index is 2.48. The van der Waals surface area contributed by atoms with Gasteiger partial charge in [-0.2, -0.15) is 0 Å². The number of hydrogen-bond donors (Lipinski definition) is 0. The zero-order valence-corrected chi connectivity index (χ0v) is 14.0. The highest BCUT2D eigenvalue weighted by Crippen LogP contribution is 2.37. The Hall–Kier alpha value is -1.33. The van der Waals surface area contributed by atoms with Gasteiger partial charge in [-0.05, 0) is 46.1 Å². The fraction of sp³-hybridized carbons (Fsp3) is 0.562. The molecule has 1 aliphatic rings. The monoisotopic (exact) mass is 289 g/mol. The van der Waals surface area contributed by atoms with Gasteiger partial charge in [-0.3, -0.25) is 4.79 Å². The summed E-state index contributed by atoms with van der Waals surface area (Å²) in [6.07, 6.45) is 0. The summed E-state index contributed by atoms with van der Waals surface area (Å²) in [6.45, 7) is 10.0. The van der Waals surface area contributed by atoms with Crippen molar-refractivity contribution in [2.75, 3.05) is 14.1 Å². The maximum absolute atomic E-state index is 12.4. The first kappa shape index (κ1) is 16.1. The van der Waals surface area contributed by atoms with Crippen LogP contribution in [0.4, 0.5) is 0 Å². The number of nitrogens with zero attached hydrogens (tertiary/aromatic N) is 1.